The molecule has 1 fully saturated rings. The fraction of sp³-hybridized carbons (Fsp3) is 0.750. The van der Waals surface area contributed by atoms with E-state index in [-0.39, 0.29) is 0 Å². The molecule has 0 spiro atoms. The number of rotatable bonds is 2. The second-order valence-electron chi connectivity index (χ2n) is 1.52. The van der Waals surface area contributed by atoms with Crippen molar-refractivity contribution in [3.63, 3.8) is 0 Å². The molecule has 0 heterocycles. The minimum Gasteiger partial charge on any atom is -0.345 e. The molecule has 0 aromatic carbocycles. The predicted molar refractivity (Wildman–Crippen MR) is 21.9 cm³/mol. The van der Waals surface area contributed by atoms with Crippen molar-refractivity contribution in [1.29, 1.82) is 0 Å². The molecule has 0 atom stereocenters. The van der Waals surface area contributed by atoms with E-state index in [9.17, 15) is 4.79 Å². The number of carbonyl (C=O) groups excluding carboxylic acids is 1. The van der Waals surface area contributed by atoms with E-state index >= 15 is 0 Å². The summed E-state index contributed by atoms with van der Waals surface area (Å²) in [6.07, 6.45) is 3.93. The molecule has 1 radical (unpaired) electrons. The number of hydrogen-bond donors (Lipinski definition) is 1. The van der Waals surface area contributed by atoms with Gasteiger partial charge in [-0.3, -0.25) is 4.79 Å². The Morgan fingerprint density at radius 2 is 2.33 bits per heavy atom. The predicted octanol–water partition coefficient (Wildman–Crippen LogP) is -0.194. The second kappa shape index (κ2) is 1.29. The molecule has 0 unspecified atom stereocenters. The molecule has 0 saturated heterocycles. The maximum Gasteiger partial charge on any atom is 0.309 e. The first-order valence-corrected chi connectivity index (χ1v) is 2.06. The Morgan fingerprint density at radius 1 is 1.67 bits per heavy atom. The largest absolute Gasteiger partial charge is 0.345 e. The lowest BCUT2D eigenvalue weighted by Gasteiger charge is -1.80. The second-order valence-corrected chi connectivity index (χ2v) is 1.52. The molecule has 0 bridgehead atoms. The lowest BCUT2D eigenvalue weighted by molar-refractivity contribution is 0.541. The van der Waals surface area contributed by atoms with Crippen LogP contribution in [0.25, 0.3) is 0 Å². The van der Waals surface area contributed by atoms with Gasteiger partial charge in [-0.05, 0) is 12.8 Å². The van der Waals surface area contributed by atoms with E-state index in [4.69, 9.17) is 0 Å². The lowest BCUT2D eigenvalue weighted by atomic mass is 10.7. The van der Waals surface area contributed by atoms with Crippen LogP contribution in [0.3, 0.4) is 0 Å². The van der Waals surface area contributed by atoms with Gasteiger partial charge in [0, 0.05) is 6.04 Å². The maximum atomic E-state index is 9.42. The van der Waals surface area contributed by atoms with Crippen LogP contribution < -0.4 is 5.32 Å². The average Bonchev–Trinajstić information content (AvgIpc) is 2.21. The zero-order valence-electron chi connectivity index (χ0n) is 3.40. The Balaban J connectivity index is 2.00. The molecule has 1 aliphatic carbocycles. The van der Waals surface area contributed by atoms with E-state index in [2.05, 4.69) is 5.32 Å². The Labute approximate surface area is 36.5 Å². The summed E-state index contributed by atoms with van der Waals surface area (Å²) in [4.78, 5) is 9.42. The summed E-state index contributed by atoms with van der Waals surface area (Å²) in [5, 5.41) is 2.51. The fourth-order valence-electron chi connectivity index (χ4n) is 0.311. The number of nitrogens with one attached hydrogen (secondary N) is 1. The molecular formula is C4H6NO. The van der Waals surface area contributed by atoms with Gasteiger partial charge in [-0.2, -0.15) is 0 Å². The van der Waals surface area contributed by atoms with Crippen molar-refractivity contribution in [3.8, 4) is 0 Å². The first-order valence-electron chi connectivity index (χ1n) is 2.06. The third kappa shape index (κ3) is 0.708. The highest BCUT2D eigenvalue weighted by Gasteiger charge is 2.19. The molecule has 1 amide bonds. The van der Waals surface area contributed by atoms with Crippen molar-refractivity contribution in [2.45, 2.75) is 18.9 Å². The minimum absolute atomic E-state index is 0.475. The van der Waals surface area contributed by atoms with Gasteiger partial charge in [-0.15, -0.1) is 0 Å². The fourth-order valence-corrected chi connectivity index (χ4v) is 0.311. The summed E-state index contributed by atoms with van der Waals surface area (Å²) < 4.78 is 0. The van der Waals surface area contributed by atoms with Crippen molar-refractivity contribution < 1.29 is 4.79 Å². The van der Waals surface area contributed by atoms with Crippen molar-refractivity contribution in [1.82, 2.24) is 5.32 Å². The highest BCUT2D eigenvalue weighted by molar-refractivity contribution is 5.48. The van der Waals surface area contributed by atoms with Crippen LogP contribution >= 0.6 is 0 Å². The van der Waals surface area contributed by atoms with Crippen molar-refractivity contribution in [3.05, 3.63) is 0 Å². The third-order valence-corrected chi connectivity index (χ3v) is 0.840. The van der Waals surface area contributed by atoms with E-state index in [1.807, 2.05) is 0 Å². The van der Waals surface area contributed by atoms with Gasteiger partial charge in [0.2, 0.25) is 0 Å². The van der Waals surface area contributed by atoms with E-state index in [0.717, 1.165) is 12.8 Å². The molecule has 33 valence electrons. The van der Waals surface area contributed by atoms with Gasteiger partial charge in [0.15, 0.2) is 0 Å². The minimum atomic E-state index is 0.475. The van der Waals surface area contributed by atoms with Crippen molar-refractivity contribution >= 4 is 6.41 Å². The maximum absolute atomic E-state index is 9.42. The molecule has 0 aromatic rings. The van der Waals surface area contributed by atoms with Gasteiger partial charge in [0.1, 0.15) is 0 Å². The van der Waals surface area contributed by atoms with Gasteiger partial charge in [-0.1, -0.05) is 0 Å². The third-order valence-electron chi connectivity index (χ3n) is 0.840. The van der Waals surface area contributed by atoms with Gasteiger partial charge in [0.25, 0.3) is 0 Å². The lowest BCUT2D eigenvalue weighted by Crippen LogP contribution is -2.11. The molecule has 1 rings (SSSR count). The summed E-state index contributed by atoms with van der Waals surface area (Å²) in [5.41, 5.74) is 0. The zero-order valence-corrected chi connectivity index (χ0v) is 3.40. The molecule has 1 aliphatic rings. The normalized spacial score (nSPS) is 20.0. The summed E-state index contributed by atoms with van der Waals surface area (Å²) in [7, 11) is 0. The standard InChI is InChI=1S/C4H6NO/c6-3-5-4-1-2-4/h4H,1-2H2,(H,5,6). The topological polar surface area (TPSA) is 29.1 Å². The van der Waals surface area contributed by atoms with Crippen LogP contribution in [0.4, 0.5) is 0 Å². The number of amides is 1. The van der Waals surface area contributed by atoms with Crippen LogP contribution in [0.15, 0.2) is 0 Å². The molecule has 0 aromatic heterocycles. The van der Waals surface area contributed by atoms with E-state index in [0.29, 0.717) is 6.04 Å². The highest BCUT2D eigenvalue weighted by Crippen LogP contribution is 2.17. The van der Waals surface area contributed by atoms with Gasteiger partial charge >= 0.3 is 6.41 Å². The smallest absolute Gasteiger partial charge is 0.309 e. The monoisotopic (exact) mass is 84.0 g/mol. The van der Waals surface area contributed by atoms with Crippen molar-refractivity contribution in [2.75, 3.05) is 0 Å². The van der Waals surface area contributed by atoms with E-state index in [1.165, 1.54) is 0 Å². The SMILES string of the molecule is O=[C]NC1CC1. The van der Waals surface area contributed by atoms with Gasteiger partial charge < -0.3 is 5.32 Å². The molecule has 0 aliphatic heterocycles. The quantitative estimate of drug-likeness (QED) is 0.461. The van der Waals surface area contributed by atoms with Crippen LogP contribution in [0.5, 0.6) is 0 Å². The summed E-state index contributed by atoms with van der Waals surface area (Å²) >= 11 is 0. The molecule has 1 saturated carbocycles. The van der Waals surface area contributed by atoms with Crippen LogP contribution in [0, 0.1) is 0 Å². The Morgan fingerprint density at radius 3 is 2.50 bits per heavy atom. The van der Waals surface area contributed by atoms with Gasteiger partial charge in [0.05, 0.1) is 0 Å². The molecule has 2 nitrogen and oxygen atoms in total. The Hall–Kier alpha value is -0.530. The summed E-state index contributed by atoms with van der Waals surface area (Å²) in [6, 6.07) is 0.475. The molecule has 1 N–H and O–H groups in total. The first-order chi connectivity index (χ1) is 2.93. The van der Waals surface area contributed by atoms with Gasteiger partial charge in [-0.25, -0.2) is 0 Å². The number of hydrogen-bond acceptors (Lipinski definition) is 1. The Kier molecular flexibility index (Phi) is 0.783. The Bertz CT molecular complexity index is 58.6. The van der Waals surface area contributed by atoms with E-state index < -0.39 is 0 Å². The first kappa shape index (κ1) is 3.65. The van der Waals surface area contributed by atoms with Crippen LogP contribution in [0.1, 0.15) is 12.8 Å². The molecular weight excluding hydrogens is 78.0 g/mol. The average molecular weight is 84.1 g/mol. The zero-order chi connectivity index (χ0) is 4.41. The van der Waals surface area contributed by atoms with E-state index in [1.54, 1.807) is 6.41 Å². The van der Waals surface area contributed by atoms with Crippen molar-refractivity contribution in [2.24, 2.45) is 0 Å². The molecule has 6 heavy (non-hydrogen) atoms. The summed E-state index contributed by atoms with van der Waals surface area (Å²) in [5.74, 6) is 0. The molecule has 2 heteroatoms. The highest BCUT2D eigenvalue weighted by atomic mass is 16.1. The van der Waals surface area contributed by atoms with Crippen LogP contribution in [0.2, 0.25) is 0 Å². The van der Waals surface area contributed by atoms with Crippen LogP contribution in [-0.2, 0) is 4.79 Å². The van der Waals surface area contributed by atoms with Crippen LogP contribution in [-0.4, -0.2) is 12.5 Å². The summed E-state index contributed by atoms with van der Waals surface area (Å²) in [6.45, 7) is 0.